The number of hydrogen-bond acceptors (Lipinski definition) is 4. The molecule has 124 valence electrons. The average Bonchev–Trinajstić information content (AvgIpc) is 2.52. The zero-order chi connectivity index (χ0) is 16.9. The fraction of sp³-hybridized carbons (Fsp3) is 0.500. The second kappa shape index (κ2) is 7.47. The second-order valence-corrected chi connectivity index (χ2v) is 5.62. The van der Waals surface area contributed by atoms with Crippen LogP contribution in [0.5, 0.6) is 0 Å². The van der Waals surface area contributed by atoms with Gasteiger partial charge < -0.3 is 4.74 Å². The van der Waals surface area contributed by atoms with E-state index in [4.69, 9.17) is 10.00 Å². The zero-order valence-electron chi connectivity index (χ0n) is 12.5. The lowest BCUT2D eigenvalue weighted by Crippen LogP contribution is -2.40. The Labute approximate surface area is 132 Å². The summed E-state index contributed by atoms with van der Waals surface area (Å²) in [6.45, 7) is 0.0423. The minimum absolute atomic E-state index is 0.0850. The Morgan fingerprint density at radius 3 is 2.39 bits per heavy atom. The molecule has 1 saturated heterocycles. The smallest absolute Gasteiger partial charge is 0.401 e. The van der Waals surface area contributed by atoms with Crippen LogP contribution >= 0.6 is 0 Å². The fourth-order valence-corrected chi connectivity index (χ4v) is 2.52. The third kappa shape index (κ3) is 5.57. The van der Waals surface area contributed by atoms with Gasteiger partial charge in [0.15, 0.2) is 0 Å². The lowest BCUT2D eigenvalue weighted by Gasteiger charge is -2.31. The highest BCUT2D eigenvalue weighted by Gasteiger charge is 2.32. The number of halogens is 3. The molecule has 0 unspecified atom stereocenters. The van der Waals surface area contributed by atoms with E-state index in [0.29, 0.717) is 37.1 Å². The third-order valence-corrected chi connectivity index (χ3v) is 3.81. The number of nitriles is 1. The maximum atomic E-state index is 12.3. The summed E-state index contributed by atoms with van der Waals surface area (Å²) in [6.07, 6.45) is -3.01. The molecule has 0 aromatic heterocycles. The molecule has 1 aliphatic rings. The van der Waals surface area contributed by atoms with Gasteiger partial charge in [-0.25, -0.2) is 4.79 Å². The molecule has 0 bridgehead atoms. The first-order chi connectivity index (χ1) is 10.9. The molecule has 0 radical (unpaired) electrons. The van der Waals surface area contributed by atoms with Gasteiger partial charge in [-0.05, 0) is 56.1 Å². The fourth-order valence-electron chi connectivity index (χ4n) is 2.52. The van der Waals surface area contributed by atoms with E-state index in [1.165, 1.54) is 29.2 Å². The molecule has 4 nitrogen and oxygen atoms in total. The van der Waals surface area contributed by atoms with Gasteiger partial charge in [0.25, 0.3) is 0 Å². The molecule has 0 aliphatic carbocycles. The highest BCUT2D eigenvalue weighted by molar-refractivity contribution is 5.89. The van der Waals surface area contributed by atoms with Crippen molar-refractivity contribution >= 4 is 5.97 Å². The van der Waals surface area contributed by atoms with Crippen molar-refractivity contribution in [2.75, 3.05) is 26.2 Å². The Bertz CT molecular complexity index is 570. The number of esters is 1. The summed E-state index contributed by atoms with van der Waals surface area (Å²) in [4.78, 5) is 13.2. The molecule has 0 saturated carbocycles. The molecule has 1 aliphatic heterocycles. The molecule has 7 heteroatoms. The summed E-state index contributed by atoms with van der Waals surface area (Å²) in [7, 11) is 0. The van der Waals surface area contributed by atoms with Crippen molar-refractivity contribution in [1.82, 2.24) is 4.90 Å². The van der Waals surface area contributed by atoms with Crippen molar-refractivity contribution in [3.8, 4) is 6.07 Å². The van der Waals surface area contributed by atoms with Crippen LogP contribution in [-0.2, 0) is 4.74 Å². The van der Waals surface area contributed by atoms with Gasteiger partial charge in [0.1, 0.15) is 0 Å². The van der Waals surface area contributed by atoms with Crippen molar-refractivity contribution in [2.45, 2.75) is 19.0 Å². The number of hydrogen-bond donors (Lipinski definition) is 0. The molecule has 1 fully saturated rings. The molecule has 2 rings (SSSR count). The number of carbonyl (C=O) groups is 1. The molecule has 0 amide bonds. The van der Waals surface area contributed by atoms with Crippen molar-refractivity contribution in [2.24, 2.45) is 5.92 Å². The van der Waals surface area contributed by atoms with Gasteiger partial charge in [0.05, 0.1) is 30.3 Å². The van der Waals surface area contributed by atoms with Gasteiger partial charge in [-0.15, -0.1) is 0 Å². The Morgan fingerprint density at radius 2 is 1.87 bits per heavy atom. The van der Waals surface area contributed by atoms with Gasteiger partial charge in [-0.3, -0.25) is 4.90 Å². The highest BCUT2D eigenvalue weighted by Crippen LogP contribution is 2.22. The van der Waals surface area contributed by atoms with Gasteiger partial charge in [-0.2, -0.15) is 18.4 Å². The minimum atomic E-state index is -4.17. The van der Waals surface area contributed by atoms with E-state index in [-0.39, 0.29) is 12.5 Å². The summed E-state index contributed by atoms with van der Waals surface area (Å²) in [5.41, 5.74) is 0.817. The second-order valence-electron chi connectivity index (χ2n) is 5.62. The van der Waals surface area contributed by atoms with Crippen LogP contribution < -0.4 is 0 Å². The summed E-state index contributed by atoms with van der Waals surface area (Å²) >= 11 is 0. The van der Waals surface area contributed by atoms with E-state index >= 15 is 0 Å². The zero-order valence-corrected chi connectivity index (χ0v) is 12.5. The van der Waals surface area contributed by atoms with Gasteiger partial charge in [0.2, 0.25) is 0 Å². The number of carbonyl (C=O) groups excluding carboxylic acids is 1. The van der Waals surface area contributed by atoms with Gasteiger partial charge >= 0.3 is 12.1 Å². The predicted octanol–water partition coefficient (Wildman–Crippen LogP) is 2.99. The van der Waals surface area contributed by atoms with Crippen LogP contribution in [0.3, 0.4) is 0 Å². The van der Waals surface area contributed by atoms with Crippen LogP contribution in [0.2, 0.25) is 0 Å². The Balaban J connectivity index is 1.74. The molecule has 1 aromatic carbocycles. The van der Waals surface area contributed by atoms with Crippen LogP contribution in [0.15, 0.2) is 24.3 Å². The standard InChI is InChI=1S/C16H17F3N2O2/c17-16(18,19)11-21-7-5-13(6-8-21)10-23-15(22)14-3-1-12(9-20)2-4-14/h1-4,13H,5-8,10-11H2. The van der Waals surface area contributed by atoms with E-state index in [9.17, 15) is 18.0 Å². The first-order valence-electron chi connectivity index (χ1n) is 7.34. The van der Waals surface area contributed by atoms with Crippen molar-refractivity contribution in [3.05, 3.63) is 35.4 Å². The number of ether oxygens (including phenoxy) is 1. The van der Waals surface area contributed by atoms with Crippen molar-refractivity contribution in [3.63, 3.8) is 0 Å². The first-order valence-corrected chi connectivity index (χ1v) is 7.34. The lowest BCUT2D eigenvalue weighted by molar-refractivity contribution is -0.148. The maximum Gasteiger partial charge on any atom is 0.401 e. The Kier molecular flexibility index (Phi) is 5.61. The summed E-state index contributed by atoms with van der Waals surface area (Å²) in [6, 6.07) is 8.07. The van der Waals surface area contributed by atoms with E-state index in [2.05, 4.69) is 0 Å². The number of benzene rings is 1. The first kappa shape index (κ1) is 17.3. The molecule has 0 N–H and O–H groups in total. The number of rotatable bonds is 4. The van der Waals surface area contributed by atoms with E-state index in [1.807, 2.05) is 6.07 Å². The van der Waals surface area contributed by atoms with Crippen LogP contribution in [0.1, 0.15) is 28.8 Å². The SMILES string of the molecule is N#Cc1ccc(C(=O)OCC2CCN(CC(F)(F)F)CC2)cc1. The quantitative estimate of drug-likeness (QED) is 0.798. The molecule has 1 heterocycles. The van der Waals surface area contributed by atoms with Crippen LogP contribution in [0.25, 0.3) is 0 Å². The van der Waals surface area contributed by atoms with Crippen molar-refractivity contribution < 1.29 is 22.7 Å². The van der Waals surface area contributed by atoms with E-state index < -0.39 is 18.7 Å². The Morgan fingerprint density at radius 1 is 1.26 bits per heavy atom. The normalized spacial score (nSPS) is 16.8. The highest BCUT2D eigenvalue weighted by atomic mass is 19.4. The largest absolute Gasteiger partial charge is 0.462 e. The number of piperidine rings is 1. The number of alkyl halides is 3. The van der Waals surface area contributed by atoms with Gasteiger partial charge in [0, 0.05) is 0 Å². The van der Waals surface area contributed by atoms with Crippen molar-refractivity contribution in [1.29, 1.82) is 5.26 Å². The monoisotopic (exact) mass is 326 g/mol. The molecule has 23 heavy (non-hydrogen) atoms. The van der Waals surface area contributed by atoms with Crippen LogP contribution in [0, 0.1) is 17.2 Å². The molecule has 0 atom stereocenters. The summed E-state index contributed by atoms with van der Waals surface area (Å²) < 4.78 is 42.1. The predicted molar refractivity (Wildman–Crippen MR) is 76.7 cm³/mol. The van der Waals surface area contributed by atoms with E-state index in [0.717, 1.165) is 0 Å². The molecule has 1 aromatic rings. The van der Waals surface area contributed by atoms with Crippen LogP contribution in [0.4, 0.5) is 13.2 Å². The topological polar surface area (TPSA) is 53.3 Å². The number of likely N-dealkylation sites (tertiary alicyclic amines) is 1. The maximum absolute atomic E-state index is 12.3. The molecular weight excluding hydrogens is 309 g/mol. The molecule has 0 spiro atoms. The van der Waals surface area contributed by atoms with E-state index in [1.54, 1.807) is 0 Å². The van der Waals surface area contributed by atoms with Crippen LogP contribution in [-0.4, -0.2) is 43.3 Å². The summed E-state index contributed by atoms with van der Waals surface area (Å²) in [5.74, 6) is -0.394. The number of nitrogens with zero attached hydrogens (tertiary/aromatic N) is 2. The summed E-state index contributed by atoms with van der Waals surface area (Å²) in [5, 5.41) is 8.69. The third-order valence-electron chi connectivity index (χ3n) is 3.81. The molecular formula is C16H17F3N2O2. The lowest BCUT2D eigenvalue weighted by atomic mass is 9.98. The van der Waals surface area contributed by atoms with Gasteiger partial charge in [-0.1, -0.05) is 0 Å². The average molecular weight is 326 g/mol. The Hall–Kier alpha value is -2.07. The minimum Gasteiger partial charge on any atom is -0.462 e.